The summed E-state index contributed by atoms with van der Waals surface area (Å²) in [4.78, 5) is 22.7. The molecule has 0 bridgehead atoms. The first-order valence-corrected chi connectivity index (χ1v) is 8.68. The molecule has 5 heteroatoms. The Morgan fingerprint density at radius 1 is 1.08 bits per heavy atom. The molecule has 5 nitrogen and oxygen atoms in total. The zero-order valence-corrected chi connectivity index (χ0v) is 14.0. The maximum atomic E-state index is 12.5. The highest BCUT2D eigenvalue weighted by molar-refractivity contribution is 5.93. The molecule has 1 fully saturated rings. The lowest BCUT2D eigenvalue weighted by Crippen LogP contribution is -3.09. The number of rotatable bonds is 4. The zero-order valence-electron chi connectivity index (χ0n) is 14.0. The number of fused-ring (bicyclic) bond motifs is 1. The smallest absolute Gasteiger partial charge is 0.271 e. The van der Waals surface area contributed by atoms with Crippen molar-refractivity contribution in [1.82, 2.24) is 15.3 Å². The summed E-state index contributed by atoms with van der Waals surface area (Å²) >= 11 is 0. The van der Waals surface area contributed by atoms with Crippen molar-refractivity contribution in [1.29, 1.82) is 0 Å². The van der Waals surface area contributed by atoms with Crippen LogP contribution in [0.1, 0.15) is 22.5 Å². The first kappa shape index (κ1) is 15.7. The lowest BCUT2D eigenvalue weighted by Gasteiger charge is -2.14. The van der Waals surface area contributed by atoms with Gasteiger partial charge in [0.1, 0.15) is 12.2 Å². The van der Waals surface area contributed by atoms with Gasteiger partial charge in [-0.2, -0.15) is 0 Å². The molecule has 2 N–H and O–H groups in total. The number of hydrogen-bond acceptors (Lipinski definition) is 3. The number of para-hydroxylation sites is 2. The van der Waals surface area contributed by atoms with E-state index in [4.69, 9.17) is 0 Å². The minimum absolute atomic E-state index is 0.135. The van der Waals surface area contributed by atoms with Gasteiger partial charge in [0.2, 0.25) is 0 Å². The summed E-state index contributed by atoms with van der Waals surface area (Å²) in [6.07, 6.45) is 2.55. The first-order valence-electron chi connectivity index (χ1n) is 8.68. The van der Waals surface area contributed by atoms with E-state index in [0.29, 0.717) is 5.69 Å². The number of aromatic nitrogens is 2. The molecule has 0 spiro atoms. The third-order valence-corrected chi connectivity index (χ3v) is 4.69. The van der Waals surface area contributed by atoms with E-state index in [2.05, 4.69) is 39.6 Å². The molecule has 1 aliphatic heterocycles. The molecule has 0 aliphatic carbocycles. The second-order valence-corrected chi connectivity index (χ2v) is 6.57. The van der Waals surface area contributed by atoms with E-state index >= 15 is 0 Å². The van der Waals surface area contributed by atoms with E-state index in [1.165, 1.54) is 10.5 Å². The molecule has 2 atom stereocenters. The predicted molar refractivity (Wildman–Crippen MR) is 96.3 cm³/mol. The summed E-state index contributed by atoms with van der Waals surface area (Å²) in [5, 5.41) is 3.11. The number of quaternary nitrogens is 1. The van der Waals surface area contributed by atoms with Crippen LogP contribution in [0.15, 0.2) is 60.8 Å². The van der Waals surface area contributed by atoms with Crippen molar-refractivity contribution in [2.24, 2.45) is 0 Å². The number of hydrogen-bond donors (Lipinski definition) is 2. The summed E-state index contributed by atoms with van der Waals surface area (Å²) in [7, 11) is 0. The summed E-state index contributed by atoms with van der Waals surface area (Å²) in [5.74, 6) is -0.135. The number of nitrogens with zero attached hydrogens (tertiary/aromatic N) is 2. The van der Waals surface area contributed by atoms with Gasteiger partial charge in [0.15, 0.2) is 0 Å². The van der Waals surface area contributed by atoms with Crippen molar-refractivity contribution in [3.05, 3.63) is 72.1 Å². The maximum Gasteiger partial charge on any atom is 0.271 e. The summed E-state index contributed by atoms with van der Waals surface area (Å²) in [6.45, 7) is 3.02. The van der Waals surface area contributed by atoms with Gasteiger partial charge in [-0.1, -0.05) is 42.5 Å². The summed E-state index contributed by atoms with van der Waals surface area (Å²) < 4.78 is 0. The van der Waals surface area contributed by atoms with Gasteiger partial charge < -0.3 is 10.2 Å². The Morgan fingerprint density at radius 2 is 1.84 bits per heavy atom. The van der Waals surface area contributed by atoms with E-state index in [1.807, 2.05) is 30.3 Å². The van der Waals surface area contributed by atoms with Crippen LogP contribution in [-0.2, 0) is 6.54 Å². The number of amides is 1. The molecule has 1 amide bonds. The Balaban J connectivity index is 1.37. The Bertz CT molecular complexity index is 881. The molecule has 2 heterocycles. The lowest BCUT2D eigenvalue weighted by atomic mass is 10.2. The van der Waals surface area contributed by atoms with E-state index in [0.717, 1.165) is 37.1 Å². The van der Waals surface area contributed by atoms with Gasteiger partial charge in [-0.15, -0.1) is 0 Å². The molecule has 1 aromatic heterocycles. The Kier molecular flexibility index (Phi) is 4.39. The molecule has 3 aromatic rings. The van der Waals surface area contributed by atoms with Crippen molar-refractivity contribution < 1.29 is 9.69 Å². The van der Waals surface area contributed by atoms with Crippen LogP contribution >= 0.6 is 0 Å². The van der Waals surface area contributed by atoms with Crippen molar-refractivity contribution in [2.45, 2.75) is 19.0 Å². The average Bonchev–Trinajstić information content (AvgIpc) is 3.09. The van der Waals surface area contributed by atoms with Gasteiger partial charge in [-0.05, 0) is 12.1 Å². The first-order chi connectivity index (χ1) is 12.3. The van der Waals surface area contributed by atoms with E-state index in [1.54, 1.807) is 6.20 Å². The number of nitrogens with one attached hydrogen (secondary N) is 2. The third kappa shape index (κ3) is 3.67. The van der Waals surface area contributed by atoms with Crippen LogP contribution in [0.2, 0.25) is 0 Å². The van der Waals surface area contributed by atoms with Gasteiger partial charge in [0, 0.05) is 12.0 Å². The largest absolute Gasteiger partial charge is 0.342 e. The van der Waals surface area contributed by atoms with Crippen molar-refractivity contribution in [2.75, 3.05) is 13.1 Å². The molecular weight excluding hydrogens is 312 g/mol. The molecule has 1 aliphatic rings. The lowest BCUT2D eigenvalue weighted by molar-refractivity contribution is -0.901. The van der Waals surface area contributed by atoms with Crippen LogP contribution < -0.4 is 10.2 Å². The second kappa shape index (κ2) is 6.99. The molecule has 2 aromatic carbocycles. The van der Waals surface area contributed by atoms with Gasteiger partial charge in [0.05, 0.1) is 36.4 Å². The summed E-state index contributed by atoms with van der Waals surface area (Å²) in [5.41, 5.74) is 3.27. The normalized spacial score (nSPS) is 19.8. The number of likely N-dealkylation sites (tertiary alicyclic amines) is 1. The van der Waals surface area contributed by atoms with Crippen LogP contribution in [-0.4, -0.2) is 35.0 Å². The highest BCUT2D eigenvalue weighted by atomic mass is 16.2. The third-order valence-electron chi connectivity index (χ3n) is 4.69. The maximum absolute atomic E-state index is 12.5. The van der Waals surface area contributed by atoms with Crippen molar-refractivity contribution >= 4 is 16.9 Å². The van der Waals surface area contributed by atoms with Crippen molar-refractivity contribution in [3.8, 4) is 0 Å². The Hall–Kier alpha value is -2.79. The fourth-order valence-corrected chi connectivity index (χ4v) is 3.43. The predicted octanol–water partition coefficient (Wildman–Crippen LogP) is 1.22. The van der Waals surface area contributed by atoms with Gasteiger partial charge in [-0.25, -0.2) is 4.98 Å². The second-order valence-electron chi connectivity index (χ2n) is 6.57. The molecule has 0 saturated carbocycles. The average molecular weight is 333 g/mol. The van der Waals surface area contributed by atoms with Crippen LogP contribution in [0.5, 0.6) is 0 Å². The Labute approximate surface area is 146 Å². The standard InChI is InChI=1S/C20H20N4O/c25-20(19-12-21-17-8-4-5-9-18(17)23-19)22-16-10-11-24(14-16)13-15-6-2-1-3-7-15/h1-9,12,16H,10-11,13-14H2,(H,22,25)/p+1/t16-/m0/s1. The van der Waals surface area contributed by atoms with Crippen LogP contribution in [0.4, 0.5) is 0 Å². The van der Waals surface area contributed by atoms with Gasteiger partial charge in [-0.3, -0.25) is 9.78 Å². The minimum Gasteiger partial charge on any atom is -0.342 e. The molecule has 25 heavy (non-hydrogen) atoms. The SMILES string of the molecule is O=C(N[C@H]1CC[NH+](Cc2ccccc2)C1)c1cnc2ccccc2n1. The summed E-state index contributed by atoms with van der Waals surface area (Å²) in [6, 6.07) is 18.3. The van der Waals surface area contributed by atoms with E-state index < -0.39 is 0 Å². The fraction of sp³-hybridized carbons (Fsp3) is 0.250. The van der Waals surface area contributed by atoms with E-state index in [-0.39, 0.29) is 11.9 Å². The number of carbonyl (C=O) groups is 1. The monoisotopic (exact) mass is 333 g/mol. The highest BCUT2D eigenvalue weighted by Gasteiger charge is 2.28. The molecule has 0 radical (unpaired) electrons. The quantitative estimate of drug-likeness (QED) is 0.755. The topological polar surface area (TPSA) is 59.3 Å². The van der Waals surface area contributed by atoms with Gasteiger partial charge >= 0.3 is 0 Å². The van der Waals surface area contributed by atoms with Crippen LogP contribution in [0, 0.1) is 0 Å². The molecule has 1 saturated heterocycles. The zero-order chi connectivity index (χ0) is 17.1. The number of benzene rings is 2. The molecule has 4 rings (SSSR count). The van der Waals surface area contributed by atoms with Crippen molar-refractivity contribution in [3.63, 3.8) is 0 Å². The number of carbonyl (C=O) groups excluding carboxylic acids is 1. The molecule has 1 unspecified atom stereocenters. The van der Waals surface area contributed by atoms with Crippen LogP contribution in [0.25, 0.3) is 11.0 Å². The Morgan fingerprint density at radius 3 is 2.68 bits per heavy atom. The van der Waals surface area contributed by atoms with Crippen LogP contribution in [0.3, 0.4) is 0 Å². The highest BCUT2D eigenvalue weighted by Crippen LogP contribution is 2.09. The van der Waals surface area contributed by atoms with Gasteiger partial charge in [0.25, 0.3) is 5.91 Å². The fourth-order valence-electron chi connectivity index (χ4n) is 3.43. The van der Waals surface area contributed by atoms with E-state index in [9.17, 15) is 4.79 Å². The molecule has 126 valence electrons. The minimum atomic E-state index is -0.135. The molecular formula is C20H21N4O+.